The van der Waals surface area contributed by atoms with Gasteiger partial charge in [-0.3, -0.25) is 24.5 Å². The first-order chi connectivity index (χ1) is 10.7. The van der Waals surface area contributed by atoms with Crippen LogP contribution in [-0.2, 0) is 11.3 Å². The highest BCUT2D eigenvalue weighted by atomic mass is 19.4. The van der Waals surface area contributed by atoms with Gasteiger partial charge in [0.1, 0.15) is 18.9 Å². The molecule has 11 heteroatoms. The van der Waals surface area contributed by atoms with Gasteiger partial charge in [-0.05, 0) is 19.4 Å². The molecule has 128 valence electrons. The van der Waals surface area contributed by atoms with Crippen molar-refractivity contribution in [3.8, 4) is 0 Å². The number of amides is 1. The molecule has 0 spiro atoms. The SMILES string of the molecule is O=C(Cn1cc([N+](=O)[O-])cn1)NC1CCCN(CC(F)(F)F)C1. The summed E-state index contributed by atoms with van der Waals surface area (Å²) in [7, 11) is 0. The molecular formula is C12H16F3N5O3. The van der Waals surface area contributed by atoms with Crippen molar-refractivity contribution in [1.29, 1.82) is 0 Å². The molecule has 1 atom stereocenters. The van der Waals surface area contributed by atoms with E-state index in [1.54, 1.807) is 0 Å². The Morgan fingerprint density at radius 2 is 2.26 bits per heavy atom. The lowest BCUT2D eigenvalue weighted by Gasteiger charge is -2.33. The molecule has 1 fully saturated rings. The molecule has 2 rings (SSSR count). The maximum Gasteiger partial charge on any atom is 0.401 e. The molecule has 0 aliphatic carbocycles. The molecule has 1 aliphatic rings. The van der Waals surface area contributed by atoms with E-state index in [9.17, 15) is 28.1 Å². The second kappa shape index (κ2) is 6.94. The first kappa shape index (κ1) is 17.2. The minimum Gasteiger partial charge on any atom is -0.350 e. The lowest BCUT2D eigenvalue weighted by molar-refractivity contribution is -0.385. The number of carbonyl (C=O) groups is 1. The Morgan fingerprint density at radius 1 is 1.52 bits per heavy atom. The van der Waals surface area contributed by atoms with Gasteiger partial charge in [-0.25, -0.2) is 0 Å². The third-order valence-corrected chi connectivity index (χ3v) is 3.41. The highest BCUT2D eigenvalue weighted by Crippen LogP contribution is 2.19. The summed E-state index contributed by atoms with van der Waals surface area (Å²) in [5, 5.41) is 16.9. The van der Waals surface area contributed by atoms with Crippen molar-refractivity contribution in [1.82, 2.24) is 20.0 Å². The van der Waals surface area contributed by atoms with E-state index in [1.165, 1.54) is 4.90 Å². The number of hydrogen-bond donors (Lipinski definition) is 1. The normalized spacial score (nSPS) is 19.5. The number of carbonyl (C=O) groups excluding carboxylic acids is 1. The first-order valence-electron chi connectivity index (χ1n) is 6.98. The highest BCUT2D eigenvalue weighted by molar-refractivity contribution is 5.76. The number of piperidine rings is 1. The molecule has 0 saturated carbocycles. The fourth-order valence-corrected chi connectivity index (χ4v) is 2.52. The average Bonchev–Trinajstić information content (AvgIpc) is 2.85. The summed E-state index contributed by atoms with van der Waals surface area (Å²) in [6.07, 6.45) is -0.955. The topological polar surface area (TPSA) is 93.3 Å². The van der Waals surface area contributed by atoms with Gasteiger partial charge in [-0.2, -0.15) is 18.3 Å². The van der Waals surface area contributed by atoms with Gasteiger partial charge in [0.25, 0.3) is 0 Å². The molecule has 1 N–H and O–H groups in total. The molecule has 2 heterocycles. The van der Waals surface area contributed by atoms with Crippen molar-refractivity contribution < 1.29 is 22.9 Å². The van der Waals surface area contributed by atoms with Gasteiger partial charge in [0.05, 0.1) is 11.5 Å². The number of nitro groups is 1. The van der Waals surface area contributed by atoms with Crippen molar-refractivity contribution >= 4 is 11.6 Å². The molecule has 0 aromatic carbocycles. The van der Waals surface area contributed by atoms with E-state index in [-0.39, 0.29) is 24.8 Å². The first-order valence-corrected chi connectivity index (χ1v) is 6.98. The summed E-state index contributed by atoms with van der Waals surface area (Å²) in [5.74, 6) is -0.443. The van der Waals surface area contributed by atoms with Crippen molar-refractivity contribution in [2.45, 2.75) is 31.6 Å². The molecule has 0 bridgehead atoms. The van der Waals surface area contributed by atoms with Crippen molar-refractivity contribution in [2.24, 2.45) is 0 Å². The zero-order valence-electron chi connectivity index (χ0n) is 12.1. The van der Waals surface area contributed by atoms with Crippen LogP contribution in [0.4, 0.5) is 18.9 Å². The number of hydrogen-bond acceptors (Lipinski definition) is 5. The molecule has 1 aromatic heterocycles. The van der Waals surface area contributed by atoms with Gasteiger partial charge < -0.3 is 5.32 Å². The predicted octanol–water partition coefficient (Wildman–Crippen LogP) is 0.934. The highest BCUT2D eigenvalue weighted by Gasteiger charge is 2.33. The quantitative estimate of drug-likeness (QED) is 0.638. The number of likely N-dealkylation sites (tertiary alicyclic amines) is 1. The van der Waals surface area contributed by atoms with Crippen molar-refractivity contribution in [2.75, 3.05) is 19.6 Å². The monoisotopic (exact) mass is 335 g/mol. The standard InChI is InChI=1S/C12H16F3N5O3/c13-12(14,15)8-18-3-1-2-9(5-18)17-11(21)7-19-6-10(4-16-19)20(22)23/h4,6,9H,1-3,5,7-8H2,(H,17,21). The van der Waals surface area contributed by atoms with Crippen LogP contribution in [0.1, 0.15) is 12.8 Å². The van der Waals surface area contributed by atoms with Gasteiger partial charge in [0.15, 0.2) is 0 Å². The molecule has 8 nitrogen and oxygen atoms in total. The number of nitrogens with one attached hydrogen (secondary N) is 1. The van der Waals surface area contributed by atoms with E-state index in [0.29, 0.717) is 19.4 Å². The third kappa shape index (κ3) is 5.51. The van der Waals surface area contributed by atoms with Crippen molar-refractivity contribution in [3.05, 3.63) is 22.5 Å². The number of halogens is 3. The number of aromatic nitrogens is 2. The third-order valence-electron chi connectivity index (χ3n) is 3.41. The lowest BCUT2D eigenvalue weighted by atomic mass is 10.1. The van der Waals surface area contributed by atoms with Gasteiger partial charge in [-0.1, -0.05) is 0 Å². The smallest absolute Gasteiger partial charge is 0.350 e. The zero-order valence-corrected chi connectivity index (χ0v) is 12.1. The summed E-state index contributed by atoms with van der Waals surface area (Å²) < 4.78 is 38.3. The maximum atomic E-state index is 12.4. The summed E-state index contributed by atoms with van der Waals surface area (Å²) in [4.78, 5) is 23.0. The van der Waals surface area contributed by atoms with Crippen LogP contribution >= 0.6 is 0 Å². The fraction of sp³-hybridized carbons (Fsp3) is 0.667. The largest absolute Gasteiger partial charge is 0.401 e. The lowest BCUT2D eigenvalue weighted by Crippen LogP contribution is -2.50. The molecule has 1 saturated heterocycles. The van der Waals surface area contributed by atoms with Crippen LogP contribution in [0.15, 0.2) is 12.4 Å². The van der Waals surface area contributed by atoms with E-state index in [4.69, 9.17) is 0 Å². The Hall–Kier alpha value is -2.17. The Bertz CT molecular complexity index is 575. The van der Waals surface area contributed by atoms with E-state index in [0.717, 1.165) is 17.1 Å². The van der Waals surface area contributed by atoms with E-state index in [2.05, 4.69) is 10.4 Å². The summed E-state index contributed by atoms with van der Waals surface area (Å²) >= 11 is 0. The molecule has 1 amide bonds. The Morgan fingerprint density at radius 3 is 2.87 bits per heavy atom. The molecule has 0 radical (unpaired) electrons. The summed E-state index contributed by atoms with van der Waals surface area (Å²) in [6.45, 7) is -0.740. The van der Waals surface area contributed by atoms with Crippen LogP contribution in [0.3, 0.4) is 0 Å². The number of rotatable bonds is 5. The van der Waals surface area contributed by atoms with Crippen molar-refractivity contribution in [3.63, 3.8) is 0 Å². The molecule has 23 heavy (non-hydrogen) atoms. The fourth-order valence-electron chi connectivity index (χ4n) is 2.52. The van der Waals surface area contributed by atoms with Crippen LogP contribution in [0.2, 0.25) is 0 Å². The van der Waals surface area contributed by atoms with Crippen LogP contribution in [-0.4, -0.2) is 57.4 Å². The van der Waals surface area contributed by atoms with E-state index in [1.807, 2.05) is 0 Å². The molecule has 1 aliphatic heterocycles. The average molecular weight is 335 g/mol. The van der Waals surface area contributed by atoms with Gasteiger partial charge in [-0.15, -0.1) is 0 Å². The minimum absolute atomic E-state index is 0.129. The summed E-state index contributed by atoms with van der Waals surface area (Å²) in [6, 6.07) is -0.371. The van der Waals surface area contributed by atoms with Gasteiger partial charge in [0.2, 0.25) is 5.91 Å². The van der Waals surface area contributed by atoms with E-state index >= 15 is 0 Å². The second-order valence-corrected chi connectivity index (χ2v) is 5.41. The minimum atomic E-state index is -4.26. The number of nitrogens with zero attached hydrogens (tertiary/aromatic N) is 4. The van der Waals surface area contributed by atoms with Crippen LogP contribution in [0.25, 0.3) is 0 Å². The summed E-state index contributed by atoms with van der Waals surface area (Å²) in [5.41, 5.74) is -0.230. The zero-order chi connectivity index (χ0) is 17.0. The van der Waals surface area contributed by atoms with Gasteiger partial charge in [0, 0.05) is 12.6 Å². The maximum absolute atomic E-state index is 12.4. The van der Waals surface area contributed by atoms with Crippen LogP contribution in [0.5, 0.6) is 0 Å². The Labute approximate surface area is 129 Å². The van der Waals surface area contributed by atoms with Gasteiger partial charge >= 0.3 is 11.9 Å². The number of alkyl halides is 3. The molecule has 1 unspecified atom stereocenters. The Kier molecular flexibility index (Phi) is 5.19. The predicted molar refractivity (Wildman–Crippen MR) is 72.5 cm³/mol. The van der Waals surface area contributed by atoms with Crippen LogP contribution in [0, 0.1) is 10.1 Å². The van der Waals surface area contributed by atoms with Crippen LogP contribution < -0.4 is 5.32 Å². The molecular weight excluding hydrogens is 319 g/mol. The molecule has 1 aromatic rings. The van der Waals surface area contributed by atoms with E-state index < -0.39 is 23.6 Å². The Balaban J connectivity index is 1.83. The second-order valence-electron chi connectivity index (χ2n) is 5.41.